The Balaban J connectivity index is 1.87. The first kappa shape index (κ1) is 14.5. The summed E-state index contributed by atoms with van der Waals surface area (Å²) in [5, 5.41) is 3.05. The lowest BCUT2D eigenvalue weighted by Gasteiger charge is -2.04. The molecule has 2 aromatic carbocycles. The number of Topliss-reactive ketones (excluding diaryl/α,β-unsaturated/α-hetero) is 1. The van der Waals surface area contributed by atoms with E-state index in [2.05, 4.69) is 26.2 Å². The van der Waals surface area contributed by atoms with E-state index >= 15 is 0 Å². The number of aromatic nitrogens is 1. The third-order valence-corrected chi connectivity index (χ3v) is 3.67. The highest BCUT2D eigenvalue weighted by molar-refractivity contribution is 9.10. The molecule has 0 saturated carbocycles. The van der Waals surface area contributed by atoms with Gasteiger partial charge < -0.3 is 10.3 Å². The largest absolute Gasteiger partial charge is 0.360 e. The fourth-order valence-electron chi connectivity index (χ4n) is 2.16. The Morgan fingerprint density at radius 1 is 1.14 bits per heavy atom. The quantitative estimate of drug-likeness (QED) is 0.549. The highest BCUT2D eigenvalue weighted by Crippen LogP contribution is 2.21. The van der Waals surface area contributed by atoms with Crippen molar-refractivity contribution in [3.63, 3.8) is 0 Å². The molecule has 0 spiro atoms. The van der Waals surface area contributed by atoms with Gasteiger partial charge in [-0.1, -0.05) is 22.0 Å². The molecule has 0 saturated heterocycles. The number of benzene rings is 2. The number of rotatable bonds is 3. The molecule has 1 heterocycles. The molecule has 0 aliphatic carbocycles. The van der Waals surface area contributed by atoms with Crippen LogP contribution in [0.4, 0.5) is 10.1 Å². The number of carbonyl (C=O) groups excluding carboxylic acids is 2. The Bertz CT molecular complexity index is 889. The number of carbonyl (C=O) groups is 2. The van der Waals surface area contributed by atoms with Gasteiger partial charge in [0.05, 0.1) is 5.56 Å². The monoisotopic (exact) mass is 360 g/mol. The van der Waals surface area contributed by atoms with Crippen molar-refractivity contribution < 1.29 is 14.0 Å². The Kier molecular flexibility index (Phi) is 3.77. The van der Waals surface area contributed by atoms with E-state index in [4.69, 9.17) is 0 Å². The number of hydrogen-bond donors (Lipinski definition) is 2. The Morgan fingerprint density at radius 3 is 2.73 bits per heavy atom. The van der Waals surface area contributed by atoms with Gasteiger partial charge in [-0.25, -0.2) is 4.39 Å². The second-order valence-electron chi connectivity index (χ2n) is 4.69. The van der Waals surface area contributed by atoms with Crippen molar-refractivity contribution in [1.82, 2.24) is 4.98 Å². The molecule has 0 radical (unpaired) electrons. The van der Waals surface area contributed by atoms with E-state index in [-0.39, 0.29) is 5.56 Å². The standard InChI is InChI=1S/C16H10BrFN2O2/c17-9-2-1-3-11(6-9)20-16(22)15(21)13-8-19-14-7-10(18)4-5-12(13)14/h1-8,19H,(H,20,22). The summed E-state index contributed by atoms with van der Waals surface area (Å²) in [6.07, 6.45) is 1.41. The number of nitrogens with one attached hydrogen (secondary N) is 2. The summed E-state index contributed by atoms with van der Waals surface area (Å²) in [5.41, 5.74) is 1.19. The summed E-state index contributed by atoms with van der Waals surface area (Å²) < 4.78 is 13.9. The van der Waals surface area contributed by atoms with E-state index in [0.29, 0.717) is 16.6 Å². The first-order valence-corrected chi connectivity index (χ1v) is 7.22. The lowest BCUT2D eigenvalue weighted by Crippen LogP contribution is -2.22. The number of fused-ring (bicyclic) bond motifs is 1. The van der Waals surface area contributed by atoms with E-state index in [1.165, 1.54) is 24.4 Å². The van der Waals surface area contributed by atoms with Gasteiger partial charge >= 0.3 is 0 Å². The number of anilines is 1. The van der Waals surface area contributed by atoms with Gasteiger partial charge in [-0.3, -0.25) is 9.59 Å². The van der Waals surface area contributed by atoms with Gasteiger partial charge in [0.1, 0.15) is 5.82 Å². The highest BCUT2D eigenvalue weighted by Gasteiger charge is 2.20. The van der Waals surface area contributed by atoms with Crippen LogP contribution in [0.5, 0.6) is 0 Å². The van der Waals surface area contributed by atoms with Crippen molar-refractivity contribution in [2.75, 3.05) is 5.32 Å². The van der Waals surface area contributed by atoms with Gasteiger partial charge in [0.2, 0.25) is 0 Å². The fraction of sp³-hybridized carbons (Fsp3) is 0. The summed E-state index contributed by atoms with van der Waals surface area (Å²) in [5.74, 6) is -1.84. The van der Waals surface area contributed by atoms with Gasteiger partial charge in [0.15, 0.2) is 0 Å². The van der Waals surface area contributed by atoms with Crippen LogP contribution in [0.15, 0.2) is 53.1 Å². The Hall–Kier alpha value is -2.47. The van der Waals surface area contributed by atoms with Crippen LogP contribution in [0, 0.1) is 5.82 Å². The van der Waals surface area contributed by atoms with Crippen molar-refractivity contribution in [3.8, 4) is 0 Å². The Labute approximate surface area is 133 Å². The van der Waals surface area contributed by atoms with Crippen LogP contribution in [-0.4, -0.2) is 16.7 Å². The topological polar surface area (TPSA) is 62.0 Å². The molecule has 0 unspecified atom stereocenters. The van der Waals surface area contributed by atoms with Crippen molar-refractivity contribution in [1.29, 1.82) is 0 Å². The maximum Gasteiger partial charge on any atom is 0.296 e. The van der Waals surface area contributed by atoms with Gasteiger partial charge in [-0.15, -0.1) is 0 Å². The minimum atomic E-state index is -0.747. The smallest absolute Gasteiger partial charge is 0.296 e. The zero-order valence-corrected chi connectivity index (χ0v) is 12.8. The number of H-pyrrole nitrogens is 1. The fourth-order valence-corrected chi connectivity index (χ4v) is 2.56. The van der Waals surface area contributed by atoms with E-state index in [9.17, 15) is 14.0 Å². The van der Waals surface area contributed by atoms with Crippen LogP contribution >= 0.6 is 15.9 Å². The number of halogens is 2. The van der Waals surface area contributed by atoms with Gasteiger partial charge in [-0.2, -0.15) is 0 Å². The van der Waals surface area contributed by atoms with Crippen LogP contribution in [-0.2, 0) is 4.79 Å². The second kappa shape index (κ2) is 5.73. The lowest BCUT2D eigenvalue weighted by atomic mass is 10.1. The number of aromatic amines is 1. The predicted octanol–water partition coefficient (Wildman–Crippen LogP) is 3.89. The third-order valence-electron chi connectivity index (χ3n) is 3.18. The minimum Gasteiger partial charge on any atom is -0.360 e. The highest BCUT2D eigenvalue weighted by atomic mass is 79.9. The number of amides is 1. The van der Waals surface area contributed by atoms with Crippen molar-refractivity contribution in [2.45, 2.75) is 0 Å². The van der Waals surface area contributed by atoms with E-state index in [1.807, 2.05) is 6.07 Å². The van der Waals surface area contributed by atoms with Gasteiger partial charge in [0, 0.05) is 27.3 Å². The Morgan fingerprint density at radius 2 is 1.95 bits per heavy atom. The molecule has 0 aliphatic rings. The van der Waals surface area contributed by atoms with E-state index < -0.39 is 17.5 Å². The number of hydrogen-bond acceptors (Lipinski definition) is 2. The molecule has 0 atom stereocenters. The normalized spacial score (nSPS) is 10.6. The lowest BCUT2D eigenvalue weighted by molar-refractivity contribution is -0.112. The molecule has 6 heteroatoms. The molecule has 4 nitrogen and oxygen atoms in total. The van der Waals surface area contributed by atoms with Crippen LogP contribution in [0.3, 0.4) is 0 Å². The van der Waals surface area contributed by atoms with Crippen LogP contribution in [0.1, 0.15) is 10.4 Å². The van der Waals surface area contributed by atoms with E-state index in [1.54, 1.807) is 18.2 Å². The summed E-state index contributed by atoms with van der Waals surface area (Å²) in [4.78, 5) is 27.1. The predicted molar refractivity (Wildman–Crippen MR) is 85.4 cm³/mol. The first-order chi connectivity index (χ1) is 10.5. The summed E-state index contributed by atoms with van der Waals surface area (Å²) in [6.45, 7) is 0. The molecular formula is C16H10BrFN2O2. The minimum absolute atomic E-state index is 0.211. The molecule has 3 rings (SSSR count). The summed E-state index contributed by atoms with van der Waals surface area (Å²) in [6, 6.07) is 10.9. The molecule has 0 aliphatic heterocycles. The number of ketones is 1. The third kappa shape index (κ3) is 2.78. The molecule has 3 aromatic rings. The molecule has 2 N–H and O–H groups in total. The van der Waals surface area contributed by atoms with Crippen molar-refractivity contribution in [2.24, 2.45) is 0 Å². The maximum atomic E-state index is 13.1. The molecule has 1 amide bonds. The van der Waals surface area contributed by atoms with Crippen LogP contribution < -0.4 is 5.32 Å². The molecule has 0 bridgehead atoms. The average molecular weight is 361 g/mol. The molecule has 110 valence electrons. The SMILES string of the molecule is O=C(Nc1cccc(Br)c1)C(=O)c1c[nH]c2cc(F)ccc12. The van der Waals surface area contributed by atoms with Gasteiger partial charge in [-0.05, 0) is 36.4 Å². The average Bonchev–Trinajstić information content (AvgIpc) is 2.89. The van der Waals surface area contributed by atoms with Crippen molar-refractivity contribution >= 4 is 44.2 Å². The van der Waals surface area contributed by atoms with Crippen molar-refractivity contribution in [3.05, 3.63) is 64.5 Å². The molecule has 1 aromatic heterocycles. The van der Waals surface area contributed by atoms with Crippen LogP contribution in [0.2, 0.25) is 0 Å². The van der Waals surface area contributed by atoms with E-state index in [0.717, 1.165) is 4.47 Å². The maximum absolute atomic E-state index is 13.1. The molecular weight excluding hydrogens is 351 g/mol. The zero-order chi connectivity index (χ0) is 15.7. The summed E-state index contributed by atoms with van der Waals surface area (Å²) >= 11 is 3.29. The zero-order valence-electron chi connectivity index (χ0n) is 11.2. The molecule has 0 fully saturated rings. The van der Waals surface area contributed by atoms with Gasteiger partial charge in [0.25, 0.3) is 11.7 Å². The molecule has 22 heavy (non-hydrogen) atoms. The summed E-state index contributed by atoms with van der Waals surface area (Å²) in [7, 11) is 0. The first-order valence-electron chi connectivity index (χ1n) is 6.42. The second-order valence-corrected chi connectivity index (χ2v) is 5.60. The van der Waals surface area contributed by atoms with Crippen LogP contribution in [0.25, 0.3) is 10.9 Å².